The van der Waals surface area contributed by atoms with Gasteiger partial charge < -0.3 is 10.2 Å². The molecule has 0 fully saturated rings. The predicted molar refractivity (Wildman–Crippen MR) is 108 cm³/mol. The van der Waals surface area contributed by atoms with E-state index in [9.17, 15) is 4.79 Å². The van der Waals surface area contributed by atoms with Gasteiger partial charge in [-0.1, -0.05) is 35.3 Å². The largest absolute Gasteiger partial charge is 0.365 e. The average Bonchev–Trinajstić information content (AvgIpc) is 3.09. The lowest BCUT2D eigenvalue weighted by molar-refractivity contribution is 0.102. The Morgan fingerprint density at radius 3 is 2.85 bits per heavy atom. The molecule has 4 rings (SSSR count). The van der Waals surface area contributed by atoms with Crippen molar-refractivity contribution in [2.45, 2.75) is 13.0 Å². The Balaban J connectivity index is 1.59. The highest BCUT2D eigenvalue weighted by Gasteiger charge is 2.21. The molecule has 1 N–H and O–H groups in total. The SMILES string of the molecule is O=C(Nc1ccccc1N1CCc2sccc2C1)c1ccc(Cl)nc1Cl. The highest BCUT2D eigenvalue weighted by Crippen LogP contribution is 2.32. The molecule has 2 aromatic heterocycles. The summed E-state index contributed by atoms with van der Waals surface area (Å²) in [5.41, 5.74) is 3.40. The molecular weight excluding hydrogens is 389 g/mol. The lowest BCUT2D eigenvalue weighted by atomic mass is 10.1. The van der Waals surface area contributed by atoms with Crippen LogP contribution in [0.15, 0.2) is 47.8 Å². The quantitative estimate of drug-likeness (QED) is 0.606. The number of thiophene rings is 1. The fraction of sp³-hybridized carbons (Fsp3) is 0.158. The normalized spacial score (nSPS) is 13.4. The number of halogens is 2. The molecule has 0 atom stereocenters. The van der Waals surface area contributed by atoms with E-state index in [-0.39, 0.29) is 16.2 Å². The van der Waals surface area contributed by atoms with Gasteiger partial charge in [0.05, 0.1) is 16.9 Å². The fourth-order valence-corrected chi connectivity index (χ4v) is 4.40. The standard InChI is InChI=1S/C19H15Cl2N3OS/c20-17-6-5-13(18(21)23-17)19(25)22-14-3-1-2-4-15(14)24-9-7-16-12(11-24)8-10-26-16/h1-6,8,10H,7,9,11H2,(H,22,25). The monoisotopic (exact) mass is 403 g/mol. The van der Waals surface area contributed by atoms with Gasteiger partial charge in [-0.25, -0.2) is 4.98 Å². The number of pyridine rings is 1. The van der Waals surface area contributed by atoms with Crippen LogP contribution in [-0.2, 0) is 13.0 Å². The summed E-state index contributed by atoms with van der Waals surface area (Å²) in [6, 6.07) is 13.1. The number of rotatable bonds is 3. The van der Waals surface area contributed by atoms with Crippen molar-refractivity contribution in [2.24, 2.45) is 0 Å². The number of anilines is 2. The van der Waals surface area contributed by atoms with Crippen molar-refractivity contribution in [3.63, 3.8) is 0 Å². The molecule has 0 radical (unpaired) electrons. The van der Waals surface area contributed by atoms with Gasteiger partial charge in [0.25, 0.3) is 5.91 Å². The third kappa shape index (κ3) is 3.43. The summed E-state index contributed by atoms with van der Waals surface area (Å²) < 4.78 is 0. The van der Waals surface area contributed by atoms with Crippen LogP contribution in [-0.4, -0.2) is 17.4 Å². The second kappa shape index (κ2) is 7.27. The van der Waals surface area contributed by atoms with E-state index < -0.39 is 0 Å². The first-order chi connectivity index (χ1) is 12.6. The lowest BCUT2D eigenvalue weighted by Gasteiger charge is -2.30. The third-order valence-electron chi connectivity index (χ3n) is 4.36. The number of hydrogen-bond acceptors (Lipinski definition) is 4. The summed E-state index contributed by atoms with van der Waals surface area (Å²) >= 11 is 13.7. The van der Waals surface area contributed by atoms with Gasteiger partial charge in [0, 0.05) is 18.0 Å². The molecule has 0 saturated heterocycles. The molecule has 0 unspecified atom stereocenters. The Morgan fingerprint density at radius 2 is 2.00 bits per heavy atom. The number of nitrogens with zero attached hydrogens (tertiary/aromatic N) is 2. The first-order valence-corrected chi connectivity index (χ1v) is 9.78. The van der Waals surface area contributed by atoms with Crippen molar-refractivity contribution in [3.05, 3.63) is 74.2 Å². The van der Waals surface area contributed by atoms with E-state index in [0.29, 0.717) is 5.56 Å². The minimum atomic E-state index is -0.306. The van der Waals surface area contributed by atoms with Gasteiger partial charge in [-0.2, -0.15) is 0 Å². The molecule has 3 aromatic rings. The van der Waals surface area contributed by atoms with Crippen LogP contribution in [0.4, 0.5) is 11.4 Å². The molecule has 0 saturated carbocycles. The number of aromatic nitrogens is 1. The van der Waals surface area contributed by atoms with Crippen molar-refractivity contribution in [3.8, 4) is 0 Å². The molecule has 7 heteroatoms. The second-order valence-corrected chi connectivity index (χ2v) is 7.73. The summed E-state index contributed by atoms with van der Waals surface area (Å²) in [5, 5.41) is 5.44. The molecule has 4 nitrogen and oxygen atoms in total. The van der Waals surface area contributed by atoms with E-state index in [0.717, 1.165) is 30.9 Å². The summed E-state index contributed by atoms with van der Waals surface area (Å²) in [6.07, 6.45) is 1.02. The van der Waals surface area contributed by atoms with Crippen LogP contribution >= 0.6 is 34.5 Å². The first kappa shape index (κ1) is 17.3. The van der Waals surface area contributed by atoms with Crippen molar-refractivity contribution < 1.29 is 4.79 Å². The predicted octanol–water partition coefficient (Wildman–Crippen LogP) is 5.26. The molecule has 1 aliphatic heterocycles. The summed E-state index contributed by atoms with van der Waals surface area (Å²) in [5.74, 6) is -0.306. The number of fused-ring (bicyclic) bond motifs is 1. The Kier molecular flexibility index (Phi) is 4.85. The highest BCUT2D eigenvalue weighted by molar-refractivity contribution is 7.10. The highest BCUT2D eigenvalue weighted by atomic mass is 35.5. The van der Waals surface area contributed by atoms with Crippen molar-refractivity contribution in [2.75, 3.05) is 16.8 Å². The molecule has 1 amide bonds. The van der Waals surface area contributed by atoms with Crippen LogP contribution in [0.2, 0.25) is 10.3 Å². The molecule has 0 aliphatic carbocycles. The van der Waals surface area contributed by atoms with Crippen LogP contribution in [0, 0.1) is 0 Å². The summed E-state index contributed by atoms with van der Waals surface area (Å²) in [6.45, 7) is 1.76. The third-order valence-corrected chi connectivity index (χ3v) is 5.88. The van der Waals surface area contributed by atoms with Gasteiger partial charge in [0.2, 0.25) is 0 Å². The molecule has 1 aromatic carbocycles. The maximum atomic E-state index is 12.6. The molecule has 0 bridgehead atoms. The minimum Gasteiger partial charge on any atom is -0.365 e. The fourth-order valence-electron chi connectivity index (χ4n) is 3.08. The number of carbonyl (C=O) groups excluding carboxylic acids is 1. The summed E-state index contributed by atoms with van der Waals surface area (Å²) in [7, 11) is 0. The maximum absolute atomic E-state index is 12.6. The van der Waals surface area contributed by atoms with Gasteiger partial charge in [-0.15, -0.1) is 11.3 Å². The van der Waals surface area contributed by atoms with Crippen LogP contribution in [0.3, 0.4) is 0 Å². The number of carbonyl (C=O) groups is 1. The van der Waals surface area contributed by atoms with E-state index >= 15 is 0 Å². The Hall–Kier alpha value is -2.08. The molecule has 1 aliphatic rings. The van der Waals surface area contributed by atoms with Gasteiger partial charge in [0.15, 0.2) is 0 Å². The Labute approximate surface area is 165 Å². The van der Waals surface area contributed by atoms with Crippen molar-refractivity contribution in [1.82, 2.24) is 4.98 Å². The van der Waals surface area contributed by atoms with Gasteiger partial charge in [-0.05, 0) is 47.7 Å². The number of amides is 1. The average molecular weight is 404 g/mol. The number of para-hydroxylation sites is 2. The zero-order valence-electron chi connectivity index (χ0n) is 13.7. The molecule has 26 heavy (non-hydrogen) atoms. The van der Waals surface area contributed by atoms with E-state index in [1.807, 2.05) is 35.6 Å². The maximum Gasteiger partial charge on any atom is 0.258 e. The first-order valence-electron chi connectivity index (χ1n) is 8.14. The van der Waals surface area contributed by atoms with Crippen LogP contribution < -0.4 is 10.2 Å². The van der Waals surface area contributed by atoms with Crippen molar-refractivity contribution in [1.29, 1.82) is 0 Å². The molecule has 132 valence electrons. The van der Waals surface area contributed by atoms with Gasteiger partial charge in [-0.3, -0.25) is 4.79 Å². The number of nitrogens with one attached hydrogen (secondary N) is 1. The topological polar surface area (TPSA) is 45.2 Å². The zero-order valence-corrected chi connectivity index (χ0v) is 16.0. The molecule has 3 heterocycles. The smallest absolute Gasteiger partial charge is 0.258 e. The van der Waals surface area contributed by atoms with E-state index in [2.05, 4.69) is 26.6 Å². The summed E-state index contributed by atoms with van der Waals surface area (Å²) in [4.78, 5) is 20.3. The van der Waals surface area contributed by atoms with E-state index in [4.69, 9.17) is 23.2 Å². The zero-order chi connectivity index (χ0) is 18.1. The van der Waals surface area contributed by atoms with Crippen molar-refractivity contribution >= 4 is 51.8 Å². The Morgan fingerprint density at radius 1 is 1.15 bits per heavy atom. The van der Waals surface area contributed by atoms with Crippen LogP contribution in [0.25, 0.3) is 0 Å². The van der Waals surface area contributed by atoms with Gasteiger partial charge >= 0.3 is 0 Å². The molecule has 0 spiro atoms. The second-order valence-electron chi connectivity index (χ2n) is 5.98. The Bertz CT molecular complexity index is 973. The number of hydrogen-bond donors (Lipinski definition) is 1. The number of benzene rings is 1. The lowest BCUT2D eigenvalue weighted by Crippen LogP contribution is -2.30. The van der Waals surface area contributed by atoms with E-state index in [1.165, 1.54) is 10.4 Å². The minimum absolute atomic E-state index is 0.0911. The molecular formula is C19H15Cl2N3OS. The van der Waals surface area contributed by atoms with Gasteiger partial charge in [0.1, 0.15) is 10.3 Å². The van der Waals surface area contributed by atoms with E-state index in [1.54, 1.807) is 12.1 Å². The van der Waals surface area contributed by atoms with Crippen LogP contribution in [0.1, 0.15) is 20.8 Å². The van der Waals surface area contributed by atoms with Crippen LogP contribution in [0.5, 0.6) is 0 Å².